The van der Waals surface area contributed by atoms with Crippen molar-refractivity contribution in [3.63, 3.8) is 0 Å². The predicted molar refractivity (Wildman–Crippen MR) is 145 cm³/mol. The minimum atomic E-state index is -0.654. The van der Waals surface area contributed by atoms with Gasteiger partial charge < -0.3 is 15.4 Å². The molecule has 0 spiro atoms. The number of carbonyl (C=O) groups excluding carboxylic acids is 1. The summed E-state index contributed by atoms with van der Waals surface area (Å²) in [6.07, 6.45) is 3.57. The van der Waals surface area contributed by atoms with Crippen LogP contribution in [0.25, 0.3) is 0 Å². The number of piperidine rings is 1. The number of nitrogens with two attached hydrogens (primary N) is 1. The van der Waals surface area contributed by atoms with Gasteiger partial charge >= 0.3 is 5.97 Å². The summed E-state index contributed by atoms with van der Waals surface area (Å²) in [5.74, 6) is -0.123. The molecule has 1 atom stereocenters. The van der Waals surface area contributed by atoms with Crippen LogP contribution in [0.1, 0.15) is 47.8 Å². The van der Waals surface area contributed by atoms with E-state index in [1.165, 1.54) is 12.7 Å². The number of carbonyl (C=O) groups is 1. The van der Waals surface area contributed by atoms with Gasteiger partial charge in [-0.3, -0.25) is 9.80 Å². The first-order valence-corrected chi connectivity index (χ1v) is 13.4. The van der Waals surface area contributed by atoms with Crippen LogP contribution in [0.5, 0.6) is 0 Å². The van der Waals surface area contributed by atoms with Crippen LogP contribution < -0.4 is 10.6 Å². The predicted octanol–water partition coefficient (Wildman–Crippen LogP) is 3.78. The number of likely N-dealkylation sites (tertiary alicyclic amines) is 1. The van der Waals surface area contributed by atoms with E-state index in [0.717, 1.165) is 64.1 Å². The highest BCUT2D eigenvalue weighted by Gasteiger charge is 2.34. The van der Waals surface area contributed by atoms with Crippen LogP contribution in [0, 0.1) is 11.3 Å². The Kier molecular flexibility index (Phi) is 9.08. The molecule has 1 aromatic heterocycles. The molecule has 1 aromatic carbocycles. The van der Waals surface area contributed by atoms with Gasteiger partial charge in [0.1, 0.15) is 0 Å². The van der Waals surface area contributed by atoms with Gasteiger partial charge in [0.05, 0.1) is 19.6 Å². The number of halogens is 2. The molecule has 2 N–H and O–H groups in total. The Hall–Kier alpha value is -2.64. The maximum atomic E-state index is 11.9. The number of rotatable bonds is 7. The van der Waals surface area contributed by atoms with Crippen LogP contribution in [0.2, 0.25) is 10.2 Å². The van der Waals surface area contributed by atoms with Crippen molar-refractivity contribution in [2.45, 2.75) is 51.2 Å². The van der Waals surface area contributed by atoms with Crippen molar-refractivity contribution in [1.82, 2.24) is 19.8 Å². The molecule has 11 heteroatoms. The van der Waals surface area contributed by atoms with E-state index in [1.807, 2.05) is 18.2 Å². The van der Waals surface area contributed by atoms with E-state index >= 15 is 0 Å². The third-order valence-corrected chi connectivity index (χ3v) is 7.89. The molecule has 2 saturated heterocycles. The monoisotopic (exact) mass is 545 g/mol. The molecule has 0 aliphatic carbocycles. The Labute approximate surface area is 228 Å². The number of aromatic nitrogens is 2. The van der Waals surface area contributed by atoms with Crippen molar-refractivity contribution >= 4 is 40.8 Å². The van der Waals surface area contributed by atoms with Crippen LogP contribution in [-0.4, -0.2) is 77.7 Å². The number of nitrogens with zero attached hydrogens (tertiary/aromatic N) is 6. The Morgan fingerprint density at radius 1 is 1.19 bits per heavy atom. The molecular weight excluding hydrogens is 513 g/mol. The lowest BCUT2D eigenvalue weighted by Crippen LogP contribution is -2.58. The Morgan fingerprint density at radius 3 is 2.62 bits per heavy atom. The molecule has 0 bridgehead atoms. The minimum Gasteiger partial charge on any atom is -0.464 e. The Balaban J connectivity index is 1.37. The fourth-order valence-corrected chi connectivity index (χ4v) is 5.86. The van der Waals surface area contributed by atoms with Gasteiger partial charge in [-0.15, -0.1) is 0 Å². The Bertz CT molecular complexity index is 1160. The summed E-state index contributed by atoms with van der Waals surface area (Å²) < 4.78 is 4.71. The van der Waals surface area contributed by atoms with Crippen molar-refractivity contribution < 1.29 is 9.53 Å². The highest BCUT2D eigenvalue weighted by Crippen LogP contribution is 2.30. The van der Waals surface area contributed by atoms with Crippen molar-refractivity contribution in [1.29, 1.82) is 5.26 Å². The first-order valence-electron chi connectivity index (χ1n) is 12.6. The molecule has 2 fully saturated rings. The summed E-state index contributed by atoms with van der Waals surface area (Å²) in [4.78, 5) is 27.6. The molecular formula is C26H33Cl2N7O2. The van der Waals surface area contributed by atoms with E-state index in [1.54, 1.807) is 0 Å². The zero-order chi connectivity index (χ0) is 26.5. The third kappa shape index (κ3) is 6.27. The topological polar surface area (TPSA) is 112 Å². The average Bonchev–Trinajstić information content (AvgIpc) is 2.91. The number of esters is 1. The molecule has 2 aliphatic heterocycles. The molecule has 4 rings (SSSR count). The van der Waals surface area contributed by atoms with Gasteiger partial charge in [0.2, 0.25) is 0 Å². The lowest BCUT2D eigenvalue weighted by molar-refractivity contribution is 0.0593. The van der Waals surface area contributed by atoms with E-state index in [9.17, 15) is 10.1 Å². The smallest absolute Gasteiger partial charge is 0.360 e. The van der Waals surface area contributed by atoms with E-state index in [4.69, 9.17) is 33.7 Å². The second-order valence-electron chi connectivity index (χ2n) is 9.56. The normalized spacial score (nSPS) is 19.5. The summed E-state index contributed by atoms with van der Waals surface area (Å²) in [5, 5.41) is 10.0. The molecule has 0 amide bonds. The van der Waals surface area contributed by atoms with Gasteiger partial charge in [-0.25, -0.2) is 14.8 Å². The van der Waals surface area contributed by atoms with E-state index in [-0.39, 0.29) is 16.7 Å². The van der Waals surface area contributed by atoms with Gasteiger partial charge in [0.25, 0.3) is 0 Å². The number of hydrogen-bond donors (Lipinski definition) is 1. The lowest BCUT2D eigenvalue weighted by Gasteiger charge is -2.47. The molecule has 3 heterocycles. The van der Waals surface area contributed by atoms with Crippen LogP contribution in [0.3, 0.4) is 0 Å². The van der Waals surface area contributed by atoms with Crippen molar-refractivity contribution in [2.24, 2.45) is 0 Å². The third-order valence-electron chi connectivity index (χ3n) is 7.40. The molecule has 0 saturated carbocycles. The van der Waals surface area contributed by atoms with Crippen LogP contribution >= 0.6 is 23.2 Å². The molecule has 9 nitrogen and oxygen atoms in total. The lowest BCUT2D eigenvalue weighted by atomic mass is 9.97. The number of piperazine rings is 1. The number of anilines is 2. The highest BCUT2D eigenvalue weighted by atomic mass is 35.5. The standard InChI is InChI=1S/C26H33Cl2N7O2/c1-3-20-16-34(25-23(28)31-22(24(30)32-25)26(36)37-2)12-13-35(20)21-7-10-33(11-8-21)15-18-4-5-19(27)14-17(18)6-9-29/h4-5,14,20-21H,3,6-8,10-13,15-16H2,1-2H3,(H2,30,32)/t20-/m0/s1. The first-order chi connectivity index (χ1) is 17.8. The number of ether oxygens (including phenoxy) is 1. The van der Waals surface area contributed by atoms with Gasteiger partial charge in [0.15, 0.2) is 22.5 Å². The molecule has 0 radical (unpaired) electrons. The highest BCUT2D eigenvalue weighted by molar-refractivity contribution is 6.32. The van der Waals surface area contributed by atoms with Crippen molar-refractivity contribution in [2.75, 3.05) is 50.5 Å². The second kappa shape index (κ2) is 12.3. The SMILES string of the molecule is CC[C@H]1CN(c2nc(N)c(C(=O)OC)nc2Cl)CCN1C1CCN(Cc2ccc(Cl)cc2CC#N)CC1. The molecule has 198 valence electrons. The molecule has 0 unspecified atom stereocenters. The van der Waals surface area contributed by atoms with Gasteiger partial charge in [-0.2, -0.15) is 5.26 Å². The quantitative estimate of drug-likeness (QED) is 0.519. The zero-order valence-corrected chi connectivity index (χ0v) is 22.8. The van der Waals surface area contributed by atoms with E-state index in [0.29, 0.717) is 29.3 Å². The molecule has 37 heavy (non-hydrogen) atoms. The largest absolute Gasteiger partial charge is 0.464 e. The van der Waals surface area contributed by atoms with Gasteiger partial charge in [-0.05, 0) is 55.6 Å². The fraction of sp³-hybridized carbons (Fsp3) is 0.538. The van der Waals surface area contributed by atoms with Gasteiger partial charge in [0, 0.05) is 43.3 Å². The summed E-state index contributed by atoms with van der Waals surface area (Å²) in [6, 6.07) is 8.98. The summed E-state index contributed by atoms with van der Waals surface area (Å²) in [7, 11) is 1.27. The average molecular weight is 547 g/mol. The van der Waals surface area contributed by atoms with Crippen LogP contribution in [0.4, 0.5) is 11.6 Å². The van der Waals surface area contributed by atoms with Crippen LogP contribution in [-0.2, 0) is 17.7 Å². The molecule has 2 aliphatic rings. The maximum Gasteiger partial charge on any atom is 0.360 e. The summed E-state index contributed by atoms with van der Waals surface area (Å²) >= 11 is 12.6. The Morgan fingerprint density at radius 2 is 1.95 bits per heavy atom. The summed E-state index contributed by atoms with van der Waals surface area (Å²) in [5.41, 5.74) is 8.12. The minimum absolute atomic E-state index is 0.0210. The number of benzene rings is 1. The van der Waals surface area contributed by atoms with E-state index < -0.39 is 5.97 Å². The van der Waals surface area contributed by atoms with Gasteiger partial charge in [-0.1, -0.05) is 36.2 Å². The van der Waals surface area contributed by atoms with Crippen molar-refractivity contribution in [3.05, 3.63) is 45.2 Å². The van der Waals surface area contributed by atoms with Crippen LogP contribution in [0.15, 0.2) is 18.2 Å². The summed E-state index contributed by atoms with van der Waals surface area (Å²) in [6.45, 7) is 7.48. The number of nitrogen functional groups attached to an aromatic ring is 1. The second-order valence-corrected chi connectivity index (χ2v) is 10.4. The van der Waals surface area contributed by atoms with E-state index in [2.05, 4.69) is 37.7 Å². The molecule has 2 aromatic rings. The zero-order valence-electron chi connectivity index (χ0n) is 21.3. The number of nitriles is 1. The maximum absolute atomic E-state index is 11.9. The first kappa shape index (κ1) is 27.4. The fourth-order valence-electron chi connectivity index (χ4n) is 5.42. The van der Waals surface area contributed by atoms with Crippen molar-refractivity contribution in [3.8, 4) is 6.07 Å². The number of hydrogen-bond acceptors (Lipinski definition) is 9. The number of methoxy groups -OCH3 is 1.